The molecular weight excluding hydrogens is 705 g/mol. The molecule has 0 bridgehead atoms. The van der Waals surface area contributed by atoms with Crippen LogP contribution >= 0.6 is 11.3 Å². The molecule has 1 heterocycles. The molecule has 0 fully saturated rings. The van der Waals surface area contributed by atoms with Gasteiger partial charge in [0.05, 0.1) is 0 Å². The molecule has 0 atom stereocenters. The first-order valence-corrected chi connectivity index (χ1v) is 20.7. The maximum Gasteiger partial charge on any atom is 0.0434 e. The molecule has 264 valence electrons. The van der Waals surface area contributed by atoms with Gasteiger partial charge in [-0.2, -0.15) is 0 Å². The second-order valence-electron chi connectivity index (χ2n) is 16.0. The van der Waals surface area contributed by atoms with Crippen molar-refractivity contribution >= 4 is 107 Å². The molecular formula is C56H34S. The quantitative estimate of drug-likeness (QED) is 0.158. The molecule has 1 aromatic heterocycles. The zero-order valence-corrected chi connectivity index (χ0v) is 32.4. The van der Waals surface area contributed by atoms with Crippen molar-refractivity contribution in [3.05, 3.63) is 181 Å². The van der Waals surface area contributed by atoms with E-state index in [1.54, 1.807) is 0 Å². The summed E-state index contributed by atoms with van der Waals surface area (Å²) in [4.78, 5) is 0. The summed E-state index contributed by atoms with van der Waals surface area (Å²) in [6, 6.07) is 64.2. The van der Waals surface area contributed by atoms with E-state index >= 15 is 0 Å². The topological polar surface area (TPSA) is 0 Å². The molecule has 1 heteroatoms. The normalized spacial score (nSPS) is 12.4. The summed E-state index contributed by atoms with van der Waals surface area (Å²) >= 11 is 1.95. The minimum absolute atomic E-state index is 1.25. The molecule has 0 aliphatic carbocycles. The summed E-state index contributed by atoms with van der Waals surface area (Å²) in [6.07, 6.45) is 0. The van der Waals surface area contributed by atoms with E-state index in [4.69, 9.17) is 0 Å². The van der Waals surface area contributed by atoms with Crippen LogP contribution in [0.2, 0.25) is 0 Å². The van der Waals surface area contributed by atoms with Crippen LogP contribution in [0, 0.1) is 13.8 Å². The number of rotatable bonds is 3. The van der Waals surface area contributed by atoms with Gasteiger partial charge >= 0.3 is 0 Å². The third kappa shape index (κ3) is 4.12. The molecule has 12 aromatic carbocycles. The third-order valence-corrected chi connectivity index (χ3v) is 14.2. The van der Waals surface area contributed by atoms with Gasteiger partial charge in [0.2, 0.25) is 0 Å². The Hall–Kier alpha value is -6.80. The van der Waals surface area contributed by atoms with Gasteiger partial charge in [0.25, 0.3) is 0 Å². The second kappa shape index (κ2) is 11.4. The summed E-state index contributed by atoms with van der Waals surface area (Å²) in [5.41, 5.74) is 10.4. The van der Waals surface area contributed by atoms with Gasteiger partial charge in [0.1, 0.15) is 0 Å². The van der Waals surface area contributed by atoms with E-state index in [1.165, 1.54) is 140 Å². The SMILES string of the molecule is Cc1cccc(C)c1-c1ccc2c(c1)sc1c2cc2c3c(-c4ccccc4)c4c(cc5c6ccccc6c6cccc4c65)c(-c4ccccc4)c3c3cccc1c32. The fourth-order valence-electron chi connectivity index (χ4n) is 10.7. The van der Waals surface area contributed by atoms with Crippen LogP contribution in [0.15, 0.2) is 170 Å². The van der Waals surface area contributed by atoms with Crippen molar-refractivity contribution in [1.82, 2.24) is 0 Å². The summed E-state index contributed by atoms with van der Waals surface area (Å²) in [5.74, 6) is 0. The van der Waals surface area contributed by atoms with Crippen LogP contribution in [0.5, 0.6) is 0 Å². The van der Waals surface area contributed by atoms with E-state index in [-0.39, 0.29) is 0 Å². The molecule has 0 N–H and O–H groups in total. The molecule has 0 spiro atoms. The molecule has 0 saturated heterocycles. The zero-order valence-electron chi connectivity index (χ0n) is 31.6. The molecule has 0 radical (unpaired) electrons. The molecule has 0 aliphatic rings. The van der Waals surface area contributed by atoms with Crippen molar-refractivity contribution in [3.63, 3.8) is 0 Å². The first-order valence-electron chi connectivity index (χ1n) is 19.9. The lowest BCUT2D eigenvalue weighted by Gasteiger charge is -2.19. The predicted molar refractivity (Wildman–Crippen MR) is 250 cm³/mol. The van der Waals surface area contributed by atoms with Gasteiger partial charge in [-0.3, -0.25) is 0 Å². The largest absolute Gasteiger partial charge is 0.135 e. The lowest BCUT2D eigenvalue weighted by Crippen LogP contribution is -1.91. The lowest BCUT2D eigenvalue weighted by atomic mass is 9.84. The zero-order chi connectivity index (χ0) is 37.5. The molecule has 13 aromatic rings. The van der Waals surface area contributed by atoms with Crippen LogP contribution in [0.4, 0.5) is 0 Å². The van der Waals surface area contributed by atoms with E-state index in [0.717, 1.165) is 0 Å². The van der Waals surface area contributed by atoms with Crippen LogP contribution in [0.1, 0.15) is 11.1 Å². The van der Waals surface area contributed by atoms with Gasteiger partial charge in [-0.15, -0.1) is 11.3 Å². The van der Waals surface area contributed by atoms with E-state index < -0.39 is 0 Å². The fourth-order valence-corrected chi connectivity index (χ4v) is 12.0. The molecule has 13 rings (SSSR count). The highest BCUT2D eigenvalue weighted by Gasteiger charge is 2.27. The Bertz CT molecular complexity index is 3770. The van der Waals surface area contributed by atoms with Crippen molar-refractivity contribution in [1.29, 1.82) is 0 Å². The van der Waals surface area contributed by atoms with Crippen molar-refractivity contribution in [3.8, 4) is 33.4 Å². The highest BCUT2D eigenvalue weighted by Crippen LogP contribution is 2.56. The number of fused-ring (bicyclic) bond motifs is 12. The van der Waals surface area contributed by atoms with E-state index in [1.807, 2.05) is 11.3 Å². The fraction of sp³-hybridized carbons (Fsp3) is 0.0357. The highest BCUT2D eigenvalue weighted by atomic mass is 32.1. The molecule has 0 nitrogen and oxygen atoms in total. The van der Waals surface area contributed by atoms with Gasteiger partial charge in [-0.05, 0) is 147 Å². The van der Waals surface area contributed by atoms with Crippen molar-refractivity contribution in [2.75, 3.05) is 0 Å². The number of hydrogen-bond acceptors (Lipinski definition) is 1. The maximum atomic E-state index is 2.55. The molecule has 0 amide bonds. The Morgan fingerprint density at radius 2 is 0.825 bits per heavy atom. The minimum atomic E-state index is 1.25. The van der Waals surface area contributed by atoms with Gasteiger partial charge in [-0.1, -0.05) is 152 Å². The average Bonchev–Trinajstić information content (AvgIpc) is 3.90. The Morgan fingerprint density at radius 3 is 1.56 bits per heavy atom. The van der Waals surface area contributed by atoms with Gasteiger partial charge in [-0.25, -0.2) is 0 Å². The summed E-state index contributed by atoms with van der Waals surface area (Å²) in [5, 5.41) is 21.4. The van der Waals surface area contributed by atoms with Crippen LogP contribution in [-0.4, -0.2) is 0 Å². The van der Waals surface area contributed by atoms with Crippen LogP contribution in [0.25, 0.3) is 129 Å². The van der Waals surface area contributed by atoms with Crippen LogP contribution < -0.4 is 0 Å². The maximum absolute atomic E-state index is 2.55. The molecule has 57 heavy (non-hydrogen) atoms. The van der Waals surface area contributed by atoms with Crippen LogP contribution in [-0.2, 0) is 0 Å². The highest BCUT2D eigenvalue weighted by molar-refractivity contribution is 7.26. The Kier molecular flexibility index (Phi) is 6.27. The summed E-state index contributed by atoms with van der Waals surface area (Å²) < 4.78 is 2.71. The monoisotopic (exact) mass is 738 g/mol. The second-order valence-corrected chi connectivity index (χ2v) is 17.0. The first-order chi connectivity index (χ1) is 28.1. The standard InChI is InChI=1S/C56H34S/c1-31-14-11-15-32(2)48(31)35-26-27-38-44-30-46-52-41(24-13-25-42(52)56(44)57-47(38)28-35)54-49(33-16-5-3-6-17-33)45-29-43-37-21-10-9-20-36(37)39-22-12-23-40(51(39)43)53(45)50(55(46)54)34-18-7-4-8-19-34/h3-30H,1-2H3. The van der Waals surface area contributed by atoms with Crippen molar-refractivity contribution in [2.45, 2.75) is 13.8 Å². The molecule has 0 saturated carbocycles. The van der Waals surface area contributed by atoms with Crippen LogP contribution in [0.3, 0.4) is 0 Å². The summed E-state index contributed by atoms with van der Waals surface area (Å²) in [6.45, 7) is 4.46. The number of aryl methyl sites for hydroxylation is 2. The lowest BCUT2D eigenvalue weighted by molar-refractivity contribution is 1.38. The predicted octanol–water partition coefficient (Wildman–Crippen LogP) is 16.6. The van der Waals surface area contributed by atoms with Crippen molar-refractivity contribution < 1.29 is 0 Å². The van der Waals surface area contributed by atoms with Gasteiger partial charge < -0.3 is 0 Å². The summed E-state index contributed by atoms with van der Waals surface area (Å²) in [7, 11) is 0. The number of thiophene rings is 1. The van der Waals surface area contributed by atoms with Gasteiger partial charge in [0.15, 0.2) is 0 Å². The van der Waals surface area contributed by atoms with E-state index in [0.29, 0.717) is 0 Å². The van der Waals surface area contributed by atoms with E-state index in [2.05, 4.69) is 184 Å². The number of benzene rings is 10. The average molecular weight is 739 g/mol. The Morgan fingerprint density at radius 1 is 0.281 bits per heavy atom. The first kappa shape index (κ1) is 31.4. The molecule has 0 unspecified atom stereocenters. The number of hydrogen-bond donors (Lipinski definition) is 0. The molecule has 0 aliphatic heterocycles. The Labute approximate surface area is 333 Å². The van der Waals surface area contributed by atoms with E-state index in [9.17, 15) is 0 Å². The minimum Gasteiger partial charge on any atom is -0.135 e. The smallest absolute Gasteiger partial charge is 0.0434 e. The Balaban J connectivity index is 1.28. The van der Waals surface area contributed by atoms with Gasteiger partial charge in [0, 0.05) is 25.6 Å². The van der Waals surface area contributed by atoms with Crippen molar-refractivity contribution in [2.24, 2.45) is 0 Å². The third-order valence-electron chi connectivity index (χ3n) is 13.0.